The summed E-state index contributed by atoms with van der Waals surface area (Å²) in [5, 5.41) is 0.951. The number of benzene rings is 2. The van der Waals surface area contributed by atoms with E-state index in [1.807, 2.05) is 48.5 Å². The monoisotopic (exact) mass is 403 g/mol. The molecule has 154 valence electrons. The first-order valence-corrected chi connectivity index (χ1v) is 10.2. The van der Waals surface area contributed by atoms with Crippen molar-refractivity contribution < 1.29 is 14.3 Å². The number of fused-ring (bicyclic) bond motifs is 1. The van der Waals surface area contributed by atoms with E-state index in [0.717, 1.165) is 30.5 Å². The lowest BCUT2D eigenvalue weighted by Crippen LogP contribution is -2.51. The van der Waals surface area contributed by atoms with Crippen LogP contribution in [0.4, 0.5) is 0 Å². The molecular weight excluding hydrogens is 378 g/mol. The van der Waals surface area contributed by atoms with Crippen molar-refractivity contribution in [2.24, 2.45) is 0 Å². The zero-order chi connectivity index (χ0) is 20.9. The van der Waals surface area contributed by atoms with Crippen molar-refractivity contribution in [1.29, 1.82) is 0 Å². The van der Waals surface area contributed by atoms with Crippen molar-refractivity contribution in [1.82, 2.24) is 14.8 Å². The molecule has 0 unspecified atom stereocenters. The number of hydrogen-bond acceptors (Lipinski definition) is 5. The Bertz CT molecular complexity index is 1030. The number of carbonyl (C=O) groups is 2. The first-order valence-electron chi connectivity index (χ1n) is 10.2. The summed E-state index contributed by atoms with van der Waals surface area (Å²) < 4.78 is 5.42. The lowest BCUT2D eigenvalue weighted by atomic mass is 10.2. The van der Waals surface area contributed by atoms with E-state index in [1.165, 1.54) is 5.56 Å². The summed E-state index contributed by atoms with van der Waals surface area (Å²) in [6, 6.07) is 21.3. The second kappa shape index (κ2) is 9.05. The van der Waals surface area contributed by atoms with Gasteiger partial charge in [0.15, 0.2) is 6.10 Å². The van der Waals surface area contributed by atoms with Gasteiger partial charge in [0.25, 0.3) is 5.91 Å². The van der Waals surface area contributed by atoms with Gasteiger partial charge < -0.3 is 9.64 Å². The molecule has 1 saturated heterocycles. The van der Waals surface area contributed by atoms with Crippen LogP contribution >= 0.6 is 0 Å². The van der Waals surface area contributed by atoms with E-state index < -0.39 is 12.1 Å². The Balaban J connectivity index is 1.30. The first kappa shape index (κ1) is 20.0. The molecule has 0 bridgehead atoms. The van der Waals surface area contributed by atoms with Crippen LogP contribution in [0.25, 0.3) is 10.9 Å². The molecule has 6 heteroatoms. The topological polar surface area (TPSA) is 62.7 Å². The highest BCUT2D eigenvalue weighted by Gasteiger charge is 2.27. The summed E-state index contributed by atoms with van der Waals surface area (Å²) in [7, 11) is 0. The highest BCUT2D eigenvalue weighted by atomic mass is 16.5. The number of carbonyl (C=O) groups excluding carboxylic acids is 2. The number of rotatable bonds is 5. The maximum atomic E-state index is 12.8. The van der Waals surface area contributed by atoms with Crippen LogP contribution in [0.1, 0.15) is 23.0 Å². The molecule has 1 aliphatic heterocycles. The Labute approximate surface area is 176 Å². The molecule has 0 N–H and O–H groups in total. The smallest absolute Gasteiger partial charge is 0.357 e. The zero-order valence-electron chi connectivity index (χ0n) is 17.0. The van der Waals surface area contributed by atoms with Crippen LogP contribution in [0.15, 0.2) is 66.7 Å². The Morgan fingerprint density at radius 3 is 2.40 bits per heavy atom. The standard InChI is InChI=1S/C24H25N3O3/c1-18(30-24(29)22-12-11-20-9-5-6-10-21(20)25-22)23(28)27-15-13-26(14-16-27)17-19-7-3-2-4-8-19/h2-12,18H,13-17H2,1H3/t18-/m0/s1. The number of nitrogens with zero attached hydrogens (tertiary/aromatic N) is 3. The number of para-hydroxylation sites is 1. The summed E-state index contributed by atoms with van der Waals surface area (Å²) in [5.41, 5.74) is 2.20. The van der Waals surface area contributed by atoms with E-state index >= 15 is 0 Å². The zero-order valence-corrected chi connectivity index (χ0v) is 17.0. The number of pyridine rings is 1. The van der Waals surface area contributed by atoms with Gasteiger partial charge in [-0.1, -0.05) is 54.6 Å². The molecule has 0 radical (unpaired) electrons. The van der Waals surface area contributed by atoms with Crippen molar-refractivity contribution in [3.63, 3.8) is 0 Å². The molecule has 1 aromatic heterocycles. The average Bonchev–Trinajstić information content (AvgIpc) is 2.79. The maximum Gasteiger partial charge on any atom is 0.357 e. The van der Waals surface area contributed by atoms with Crippen molar-refractivity contribution in [3.05, 3.63) is 78.0 Å². The van der Waals surface area contributed by atoms with Gasteiger partial charge in [-0.15, -0.1) is 0 Å². The minimum Gasteiger partial charge on any atom is -0.448 e. The Morgan fingerprint density at radius 2 is 1.63 bits per heavy atom. The number of piperazine rings is 1. The van der Waals surface area contributed by atoms with Crippen LogP contribution in [-0.2, 0) is 16.1 Å². The highest BCUT2D eigenvalue weighted by molar-refractivity contribution is 5.93. The molecule has 1 amide bonds. The van der Waals surface area contributed by atoms with E-state index in [1.54, 1.807) is 17.9 Å². The molecule has 6 nitrogen and oxygen atoms in total. The van der Waals surface area contributed by atoms with Gasteiger partial charge in [0.2, 0.25) is 0 Å². The minimum atomic E-state index is -0.841. The molecule has 3 aromatic rings. The van der Waals surface area contributed by atoms with Crippen LogP contribution in [0.2, 0.25) is 0 Å². The Hall–Kier alpha value is -3.25. The molecule has 0 saturated carbocycles. The molecule has 1 aliphatic rings. The van der Waals surface area contributed by atoms with Gasteiger partial charge in [0.1, 0.15) is 5.69 Å². The van der Waals surface area contributed by atoms with E-state index in [9.17, 15) is 9.59 Å². The molecule has 1 fully saturated rings. The number of esters is 1. The largest absolute Gasteiger partial charge is 0.448 e. The number of ether oxygens (including phenoxy) is 1. The third-order valence-electron chi connectivity index (χ3n) is 5.37. The second-order valence-electron chi connectivity index (χ2n) is 7.52. The molecule has 0 spiro atoms. The normalized spacial score (nSPS) is 15.7. The van der Waals surface area contributed by atoms with Crippen LogP contribution in [0, 0.1) is 0 Å². The van der Waals surface area contributed by atoms with Crippen molar-refractivity contribution in [2.75, 3.05) is 26.2 Å². The minimum absolute atomic E-state index is 0.163. The third-order valence-corrected chi connectivity index (χ3v) is 5.37. The summed E-state index contributed by atoms with van der Waals surface area (Å²) in [5.74, 6) is -0.743. The molecule has 1 atom stereocenters. The first-order chi connectivity index (χ1) is 14.6. The van der Waals surface area contributed by atoms with Crippen molar-refractivity contribution in [2.45, 2.75) is 19.6 Å². The summed E-state index contributed by atoms with van der Waals surface area (Å²) in [4.78, 5) is 33.7. The van der Waals surface area contributed by atoms with Crippen LogP contribution in [0.5, 0.6) is 0 Å². The van der Waals surface area contributed by atoms with Crippen molar-refractivity contribution >= 4 is 22.8 Å². The predicted octanol–water partition coefficient (Wildman–Crippen LogP) is 3.12. The van der Waals surface area contributed by atoms with Crippen LogP contribution < -0.4 is 0 Å². The fourth-order valence-corrected chi connectivity index (χ4v) is 3.68. The fourth-order valence-electron chi connectivity index (χ4n) is 3.68. The lowest BCUT2D eigenvalue weighted by Gasteiger charge is -2.35. The number of hydrogen-bond donors (Lipinski definition) is 0. The van der Waals surface area contributed by atoms with Crippen LogP contribution in [0.3, 0.4) is 0 Å². The molecule has 2 heterocycles. The van der Waals surface area contributed by atoms with E-state index in [2.05, 4.69) is 22.0 Å². The van der Waals surface area contributed by atoms with Gasteiger partial charge >= 0.3 is 5.97 Å². The fraction of sp³-hybridized carbons (Fsp3) is 0.292. The maximum absolute atomic E-state index is 12.8. The predicted molar refractivity (Wildman–Crippen MR) is 115 cm³/mol. The highest BCUT2D eigenvalue weighted by Crippen LogP contribution is 2.14. The third kappa shape index (κ3) is 4.66. The SMILES string of the molecule is C[C@H](OC(=O)c1ccc2ccccc2n1)C(=O)N1CCN(Cc2ccccc2)CC1. The average molecular weight is 403 g/mol. The molecular formula is C24H25N3O3. The second-order valence-corrected chi connectivity index (χ2v) is 7.52. The molecule has 0 aliphatic carbocycles. The van der Waals surface area contributed by atoms with Gasteiger partial charge in [-0.25, -0.2) is 9.78 Å². The number of aromatic nitrogens is 1. The number of amides is 1. The van der Waals surface area contributed by atoms with Gasteiger partial charge in [-0.3, -0.25) is 9.69 Å². The quantitative estimate of drug-likeness (QED) is 0.613. The van der Waals surface area contributed by atoms with Crippen LogP contribution in [-0.4, -0.2) is 58.9 Å². The Morgan fingerprint density at radius 1 is 0.933 bits per heavy atom. The van der Waals surface area contributed by atoms with Gasteiger partial charge in [0.05, 0.1) is 5.52 Å². The van der Waals surface area contributed by atoms with Gasteiger partial charge in [-0.05, 0) is 24.6 Å². The van der Waals surface area contributed by atoms with Crippen molar-refractivity contribution in [3.8, 4) is 0 Å². The Kier molecular flexibility index (Phi) is 6.05. The summed E-state index contributed by atoms with van der Waals surface area (Å²) in [6.45, 7) is 5.35. The molecule has 4 rings (SSSR count). The van der Waals surface area contributed by atoms with Gasteiger partial charge in [0, 0.05) is 38.1 Å². The van der Waals surface area contributed by atoms with E-state index in [-0.39, 0.29) is 11.6 Å². The lowest BCUT2D eigenvalue weighted by molar-refractivity contribution is -0.141. The summed E-state index contributed by atoms with van der Waals surface area (Å²) in [6.07, 6.45) is -0.841. The molecule has 2 aromatic carbocycles. The van der Waals surface area contributed by atoms with Gasteiger partial charge in [-0.2, -0.15) is 0 Å². The molecule has 30 heavy (non-hydrogen) atoms. The summed E-state index contributed by atoms with van der Waals surface area (Å²) >= 11 is 0. The van der Waals surface area contributed by atoms with E-state index in [0.29, 0.717) is 13.1 Å². The van der Waals surface area contributed by atoms with E-state index in [4.69, 9.17) is 4.74 Å².